The van der Waals surface area contributed by atoms with Crippen LogP contribution in [0, 0.1) is 0 Å². The monoisotopic (exact) mass is 426 g/mol. The molecule has 0 radical (unpaired) electrons. The van der Waals surface area contributed by atoms with Gasteiger partial charge >= 0.3 is 5.97 Å². The number of carboxylic acids is 1. The molecule has 32 heavy (non-hydrogen) atoms. The fourth-order valence-corrected chi connectivity index (χ4v) is 3.90. The Morgan fingerprint density at radius 3 is 2.34 bits per heavy atom. The van der Waals surface area contributed by atoms with Gasteiger partial charge in [-0.05, 0) is 63.9 Å². The molecule has 1 atom stereocenters. The Kier molecular flexibility index (Phi) is 6.83. The minimum Gasteiger partial charge on any atom is -0.490 e. The first-order valence-electron chi connectivity index (χ1n) is 10.8. The van der Waals surface area contributed by atoms with E-state index < -0.39 is 12.1 Å². The van der Waals surface area contributed by atoms with Crippen molar-refractivity contribution >= 4 is 33.6 Å². The summed E-state index contributed by atoms with van der Waals surface area (Å²) in [6.45, 7) is 2.61. The van der Waals surface area contributed by atoms with Gasteiger partial charge in [-0.15, -0.1) is 0 Å². The number of ether oxygens (including phenoxy) is 2. The number of fused-ring (bicyclic) bond motifs is 3. The van der Waals surface area contributed by atoms with Crippen LogP contribution in [0.3, 0.4) is 0 Å². The fourth-order valence-electron chi connectivity index (χ4n) is 3.90. The van der Waals surface area contributed by atoms with E-state index in [9.17, 15) is 9.90 Å². The van der Waals surface area contributed by atoms with E-state index >= 15 is 0 Å². The molecule has 4 aromatic carbocycles. The lowest BCUT2D eigenvalue weighted by molar-refractivity contribution is -0.149. The predicted octanol–water partition coefficient (Wildman–Crippen LogP) is 6.12. The first-order valence-corrected chi connectivity index (χ1v) is 10.8. The van der Waals surface area contributed by atoms with Gasteiger partial charge in [-0.3, -0.25) is 0 Å². The molecular weight excluding hydrogens is 400 g/mol. The molecular formula is C28H26O4. The smallest absolute Gasteiger partial charge is 0.333 e. The standard InChI is InChI=1S/C28H26O4/c1-2-31-27(28(29)30)18-20-13-15-23(16-14-20)32-17-7-9-22-19-21-8-3-4-10-24(21)26-12-6-5-11-25(22)26/h3-16,19,27H,2,17-18H2,1H3,(H,29,30)/t27-/m0/s1. The van der Waals surface area contributed by atoms with Crippen molar-refractivity contribution in [3.8, 4) is 5.75 Å². The second kappa shape index (κ2) is 10.1. The molecule has 1 N–H and O–H groups in total. The largest absolute Gasteiger partial charge is 0.490 e. The topological polar surface area (TPSA) is 55.8 Å². The Hall–Kier alpha value is -3.63. The molecule has 0 fully saturated rings. The fraction of sp³-hybridized carbons (Fsp3) is 0.179. The average Bonchev–Trinajstić information content (AvgIpc) is 2.82. The third kappa shape index (κ3) is 4.98. The van der Waals surface area contributed by atoms with E-state index in [4.69, 9.17) is 9.47 Å². The Morgan fingerprint density at radius 2 is 1.62 bits per heavy atom. The summed E-state index contributed by atoms with van der Waals surface area (Å²) in [6.07, 6.45) is 3.62. The molecule has 0 saturated carbocycles. The molecule has 162 valence electrons. The predicted molar refractivity (Wildman–Crippen MR) is 129 cm³/mol. The minimum atomic E-state index is -0.946. The Morgan fingerprint density at radius 1 is 0.938 bits per heavy atom. The third-order valence-corrected chi connectivity index (χ3v) is 5.43. The molecule has 0 amide bonds. The minimum absolute atomic E-state index is 0.332. The molecule has 0 aliphatic carbocycles. The molecule has 4 nitrogen and oxygen atoms in total. The summed E-state index contributed by atoms with van der Waals surface area (Å²) in [5.41, 5.74) is 2.06. The highest BCUT2D eigenvalue weighted by Gasteiger charge is 2.17. The normalized spacial score (nSPS) is 12.4. The van der Waals surface area contributed by atoms with E-state index in [-0.39, 0.29) is 0 Å². The van der Waals surface area contributed by atoms with Crippen molar-refractivity contribution in [1.82, 2.24) is 0 Å². The van der Waals surface area contributed by atoms with E-state index in [1.54, 1.807) is 6.92 Å². The molecule has 0 aromatic heterocycles. The number of benzene rings is 4. The lowest BCUT2D eigenvalue weighted by atomic mass is 9.97. The zero-order chi connectivity index (χ0) is 22.3. The second-order valence-electron chi connectivity index (χ2n) is 7.58. The molecule has 4 aromatic rings. The van der Waals surface area contributed by atoms with Crippen LogP contribution in [0.25, 0.3) is 27.6 Å². The zero-order valence-corrected chi connectivity index (χ0v) is 18.0. The van der Waals surface area contributed by atoms with Crippen LogP contribution in [0.5, 0.6) is 5.75 Å². The van der Waals surface area contributed by atoms with Gasteiger partial charge in [-0.25, -0.2) is 4.79 Å². The Bertz CT molecular complexity index is 1240. The average molecular weight is 427 g/mol. The number of hydrogen-bond donors (Lipinski definition) is 1. The number of carboxylic acid groups (broad SMARTS) is 1. The van der Waals surface area contributed by atoms with E-state index in [0.717, 1.165) is 16.9 Å². The molecule has 4 rings (SSSR count). The molecule has 0 aliphatic rings. The molecule has 0 heterocycles. The summed E-state index contributed by atoms with van der Waals surface area (Å²) in [5.74, 6) is -0.205. The quantitative estimate of drug-likeness (QED) is 0.328. The van der Waals surface area contributed by atoms with Crippen LogP contribution < -0.4 is 4.74 Å². The van der Waals surface area contributed by atoms with E-state index in [1.807, 2.05) is 30.3 Å². The van der Waals surface area contributed by atoms with E-state index in [2.05, 4.69) is 60.7 Å². The lowest BCUT2D eigenvalue weighted by Crippen LogP contribution is -2.26. The highest BCUT2D eigenvalue weighted by molar-refractivity contribution is 6.10. The maximum absolute atomic E-state index is 11.2. The van der Waals surface area contributed by atoms with Crippen molar-refractivity contribution < 1.29 is 19.4 Å². The van der Waals surface area contributed by atoms with Gasteiger partial charge in [-0.1, -0.05) is 66.7 Å². The van der Waals surface area contributed by atoms with Gasteiger partial charge in [0.15, 0.2) is 6.10 Å². The molecule has 0 saturated heterocycles. The van der Waals surface area contributed by atoms with Crippen LogP contribution in [0.4, 0.5) is 0 Å². The number of hydrogen-bond acceptors (Lipinski definition) is 3. The summed E-state index contributed by atoms with van der Waals surface area (Å²) in [7, 11) is 0. The van der Waals surface area contributed by atoms with Gasteiger partial charge in [0.25, 0.3) is 0 Å². The van der Waals surface area contributed by atoms with Crippen LogP contribution in [0.2, 0.25) is 0 Å². The third-order valence-electron chi connectivity index (χ3n) is 5.43. The number of aliphatic carboxylic acids is 1. The van der Waals surface area contributed by atoms with Gasteiger partial charge in [-0.2, -0.15) is 0 Å². The van der Waals surface area contributed by atoms with Gasteiger partial charge in [0.2, 0.25) is 0 Å². The van der Waals surface area contributed by atoms with Crippen LogP contribution >= 0.6 is 0 Å². The molecule has 4 heteroatoms. The first-order chi connectivity index (χ1) is 15.7. The van der Waals surface area contributed by atoms with E-state index in [0.29, 0.717) is 19.6 Å². The first kappa shape index (κ1) is 21.6. The van der Waals surface area contributed by atoms with Crippen molar-refractivity contribution in [2.45, 2.75) is 19.4 Å². The highest BCUT2D eigenvalue weighted by Crippen LogP contribution is 2.29. The maximum atomic E-state index is 11.2. The molecule has 0 bridgehead atoms. The Balaban J connectivity index is 1.43. The SMILES string of the molecule is CCO[C@@H](Cc1ccc(OCC=Cc2cc3ccccc3c3ccccc23)cc1)C(=O)O. The van der Waals surface area contributed by atoms with Crippen molar-refractivity contribution in [1.29, 1.82) is 0 Å². The lowest BCUT2D eigenvalue weighted by Gasteiger charge is -2.12. The molecule has 0 aliphatic heterocycles. The maximum Gasteiger partial charge on any atom is 0.333 e. The molecule has 0 spiro atoms. The zero-order valence-electron chi connectivity index (χ0n) is 18.0. The summed E-state index contributed by atoms with van der Waals surface area (Å²) < 4.78 is 11.1. The van der Waals surface area contributed by atoms with E-state index in [1.165, 1.54) is 21.5 Å². The molecule has 0 unspecified atom stereocenters. The summed E-state index contributed by atoms with van der Waals surface area (Å²) >= 11 is 0. The second-order valence-corrected chi connectivity index (χ2v) is 7.58. The van der Waals surface area contributed by atoms with Gasteiger partial charge in [0.1, 0.15) is 12.4 Å². The van der Waals surface area contributed by atoms with Crippen molar-refractivity contribution in [3.63, 3.8) is 0 Å². The summed E-state index contributed by atoms with van der Waals surface area (Å²) in [5, 5.41) is 14.2. The highest BCUT2D eigenvalue weighted by atomic mass is 16.5. The van der Waals surface area contributed by atoms with Gasteiger partial charge in [0, 0.05) is 13.0 Å². The summed E-state index contributed by atoms with van der Waals surface area (Å²) in [4.78, 5) is 11.2. The van der Waals surface area contributed by atoms with Crippen LogP contribution in [0.1, 0.15) is 18.1 Å². The number of carbonyl (C=O) groups is 1. The Labute approximate surface area is 187 Å². The summed E-state index contributed by atoms with van der Waals surface area (Å²) in [6, 6.07) is 26.6. The number of rotatable bonds is 9. The van der Waals surface area contributed by atoms with Gasteiger partial charge < -0.3 is 14.6 Å². The van der Waals surface area contributed by atoms with Crippen LogP contribution in [0.15, 0.2) is 84.9 Å². The van der Waals surface area contributed by atoms with Crippen LogP contribution in [-0.2, 0) is 16.0 Å². The van der Waals surface area contributed by atoms with Crippen molar-refractivity contribution in [2.24, 2.45) is 0 Å². The van der Waals surface area contributed by atoms with Crippen LogP contribution in [-0.4, -0.2) is 30.4 Å². The van der Waals surface area contributed by atoms with Crippen molar-refractivity contribution in [3.05, 3.63) is 96.1 Å². The van der Waals surface area contributed by atoms with Crippen molar-refractivity contribution in [2.75, 3.05) is 13.2 Å². The van der Waals surface area contributed by atoms with Gasteiger partial charge in [0.05, 0.1) is 0 Å².